The highest BCUT2D eigenvalue weighted by atomic mass is 79.9. The van der Waals surface area contributed by atoms with Gasteiger partial charge in [-0.1, -0.05) is 76.8 Å². The van der Waals surface area contributed by atoms with E-state index < -0.39 is 0 Å². The van der Waals surface area contributed by atoms with E-state index in [9.17, 15) is 4.79 Å². The fourth-order valence-electron chi connectivity index (χ4n) is 2.88. The summed E-state index contributed by atoms with van der Waals surface area (Å²) in [5.41, 5.74) is 0.982. The Morgan fingerprint density at radius 1 is 0.913 bits per heavy atom. The van der Waals surface area contributed by atoms with Crippen molar-refractivity contribution in [1.82, 2.24) is 0 Å². The second-order valence-corrected chi connectivity index (χ2v) is 7.16. The minimum Gasteiger partial charge on any atom is -0.312 e. The lowest BCUT2D eigenvalue weighted by molar-refractivity contribution is -0.116. The van der Waals surface area contributed by atoms with Crippen LogP contribution in [0.5, 0.6) is 0 Å². The molecule has 3 heteroatoms. The molecular weight excluding hydrogens is 350 g/mol. The van der Waals surface area contributed by atoms with E-state index in [-0.39, 0.29) is 5.91 Å². The molecule has 23 heavy (non-hydrogen) atoms. The van der Waals surface area contributed by atoms with E-state index >= 15 is 0 Å². The molecule has 2 nitrogen and oxygen atoms in total. The lowest BCUT2D eigenvalue weighted by atomic mass is 10.1. The molecule has 1 aromatic rings. The van der Waals surface area contributed by atoms with E-state index in [1.165, 1.54) is 57.8 Å². The normalized spacial score (nSPS) is 10.7. The van der Waals surface area contributed by atoms with Gasteiger partial charge >= 0.3 is 0 Å². The summed E-state index contributed by atoms with van der Waals surface area (Å²) < 4.78 is 0.988. The maximum atomic E-state index is 11.9. The molecule has 0 fully saturated rings. The topological polar surface area (TPSA) is 20.3 Å². The number of unbranched alkanes of at least 4 members (excludes halogenated alkanes) is 9. The summed E-state index contributed by atoms with van der Waals surface area (Å²) in [6.45, 7) is 4.72. The first kappa shape index (κ1) is 20.2. The minimum atomic E-state index is 0.118. The Labute approximate surface area is 150 Å². The Morgan fingerprint density at radius 2 is 1.43 bits per heavy atom. The lowest BCUT2D eigenvalue weighted by Crippen LogP contribution is -2.29. The van der Waals surface area contributed by atoms with Crippen molar-refractivity contribution in [3.8, 4) is 0 Å². The molecule has 0 spiro atoms. The number of carbonyl (C=O) groups is 1. The van der Waals surface area contributed by atoms with Gasteiger partial charge in [0.25, 0.3) is 0 Å². The molecule has 0 saturated heterocycles. The van der Waals surface area contributed by atoms with Crippen LogP contribution in [0.25, 0.3) is 0 Å². The molecule has 0 aliphatic heterocycles. The maximum Gasteiger partial charge on any atom is 0.223 e. The second-order valence-electron chi connectivity index (χ2n) is 6.30. The minimum absolute atomic E-state index is 0.118. The summed E-state index contributed by atoms with van der Waals surface area (Å²) in [6, 6.07) is 7.95. The van der Waals surface area contributed by atoms with Gasteiger partial charge in [-0.2, -0.15) is 0 Å². The zero-order valence-corrected chi connectivity index (χ0v) is 16.4. The molecule has 1 amide bonds. The zero-order valence-electron chi connectivity index (χ0n) is 14.8. The summed E-state index contributed by atoms with van der Waals surface area (Å²) in [5.74, 6) is 0.118. The number of carbonyl (C=O) groups excluding carboxylic acids is 1. The number of hydrogen-bond donors (Lipinski definition) is 0. The first-order valence-electron chi connectivity index (χ1n) is 9.19. The van der Waals surface area contributed by atoms with Gasteiger partial charge in [-0.15, -0.1) is 0 Å². The van der Waals surface area contributed by atoms with Crippen LogP contribution in [0.1, 0.15) is 78.1 Å². The predicted molar refractivity (Wildman–Crippen MR) is 104 cm³/mol. The van der Waals surface area contributed by atoms with E-state index in [1.807, 2.05) is 29.2 Å². The van der Waals surface area contributed by atoms with E-state index in [4.69, 9.17) is 0 Å². The summed E-state index contributed by atoms with van der Waals surface area (Å²) in [6.07, 6.45) is 13.2. The van der Waals surface area contributed by atoms with Crippen LogP contribution >= 0.6 is 15.9 Å². The summed E-state index contributed by atoms with van der Waals surface area (Å²) in [4.78, 5) is 13.8. The van der Waals surface area contributed by atoms with Crippen LogP contribution in [0.4, 0.5) is 5.69 Å². The summed E-state index contributed by atoms with van der Waals surface area (Å²) in [7, 11) is 0. The van der Waals surface area contributed by atoms with Crippen LogP contribution in [0, 0.1) is 0 Å². The Kier molecular flexibility index (Phi) is 11.1. The lowest BCUT2D eigenvalue weighted by Gasteiger charge is -2.22. The van der Waals surface area contributed by atoms with Gasteiger partial charge in [-0.3, -0.25) is 4.79 Å². The molecule has 1 rings (SSSR count). The van der Waals surface area contributed by atoms with Gasteiger partial charge in [0.15, 0.2) is 0 Å². The number of rotatable bonds is 12. The third kappa shape index (κ3) is 8.55. The van der Waals surface area contributed by atoms with Crippen molar-refractivity contribution in [2.24, 2.45) is 0 Å². The molecule has 0 atom stereocenters. The van der Waals surface area contributed by atoms with Crippen molar-refractivity contribution in [3.63, 3.8) is 0 Å². The maximum absolute atomic E-state index is 11.9. The Bertz CT molecular complexity index is 447. The quantitative estimate of drug-likeness (QED) is 0.367. The van der Waals surface area contributed by atoms with Crippen LogP contribution in [0.15, 0.2) is 28.7 Å². The van der Waals surface area contributed by atoms with Crippen molar-refractivity contribution in [3.05, 3.63) is 28.7 Å². The first-order chi connectivity index (χ1) is 11.2. The van der Waals surface area contributed by atoms with E-state index in [1.54, 1.807) is 6.92 Å². The van der Waals surface area contributed by atoms with E-state index in [2.05, 4.69) is 22.9 Å². The highest BCUT2D eigenvalue weighted by Crippen LogP contribution is 2.26. The summed E-state index contributed by atoms with van der Waals surface area (Å²) in [5, 5.41) is 0. The second kappa shape index (κ2) is 12.6. The third-order valence-corrected chi connectivity index (χ3v) is 4.93. The fourth-order valence-corrected chi connectivity index (χ4v) is 3.37. The molecule has 130 valence electrons. The van der Waals surface area contributed by atoms with Gasteiger partial charge in [-0.25, -0.2) is 0 Å². The van der Waals surface area contributed by atoms with Gasteiger partial charge < -0.3 is 4.90 Å². The Morgan fingerprint density at radius 3 is 1.96 bits per heavy atom. The smallest absolute Gasteiger partial charge is 0.223 e. The van der Waals surface area contributed by atoms with Crippen molar-refractivity contribution in [1.29, 1.82) is 0 Å². The predicted octanol–water partition coefficient (Wildman–Crippen LogP) is 6.72. The molecular formula is C20H32BrNO. The first-order valence-corrected chi connectivity index (χ1v) is 9.98. The molecule has 0 aliphatic rings. The molecule has 0 radical (unpaired) electrons. The van der Waals surface area contributed by atoms with Crippen molar-refractivity contribution in [2.45, 2.75) is 78.1 Å². The standard InChI is InChI=1S/C20H32BrNO/c1-3-4-5-6-7-8-9-10-11-14-17-22(18(2)23)20-16-13-12-15-19(20)21/h12-13,15-16H,3-11,14,17H2,1-2H3. The highest BCUT2D eigenvalue weighted by Gasteiger charge is 2.13. The third-order valence-electron chi connectivity index (χ3n) is 4.26. The molecule has 0 unspecified atom stereocenters. The molecule has 0 aromatic heterocycles. The van der Waals surface area contributed by atoms with Gasteiger partial charge in [0, 0.05) is 17.9 Å². The SMILES string of the molecule is CCCCCCCCCCCCN(C(C)=O)c1ccccc1Br. The fraction of sp³-hybridized carbons (Fsp3) is 0.650. The summed E-state index contributed by atoms with van der Waals surface area (Å²) >= 11 is 3.54. The van der Waals surface area contributed by atoms with Crippen LogP contribution in [0.2, 0.25) is 0 Å². The van der Waals surface area contributed by atoms with Gasteiger partial charge in [0.1, 0.15) is 0 Å². The molecule has 0 saturated carbocycles. The number of anilines is 1. The number of benzene rings is 1. The van der Waals surface area contributed by atoms with Crippen molar-refractivity contribution >= 4 is 27.5 Å². The Balaban J connectivity index is 2.18. The van der Waals surface area contributed by atoms with Crippen LogP contribution in [-0.4, -0.2) is 12.5 Å². The van der Waals surface area contributed by atoms with Crippen LogP contribution < -0.4 is 4.90 Å². The number of amides is 1. The zero-order chi connectivity index (χ0) is 16.9. The molecule has 0 bridgehead atoms. The van der Waals surface area contributed by atoms with E-state index in [0.29, 0.717) is 0 Å². The Hall–Kier alpha value is -0.830. The largest absolute Gasteiger partial charge is 0.312 e. The molecule has 0 heterocycles. The average molecular weight is 382 g/mol. The molecule has 1 aromatic carbocycles. The van der Waals surface area contributed by atoms with Gasteiger partial charge in [0.05, 0.1) is 5.69 Å². The van der Waals surface area contributed by atoms with Crippen molar-refractivity contribution in [2.75, 3.05) is 11.4 Å². The van der Waals surface area contributed by atoms with Crippen LogP contribution in [0.3, 0.4) is 0 Å². The number of halogens is 1. The van der Waals surface area contributed by atoms with Crippen molar-refractivity contribution < 1.29 is 4.79 Å². The molecule has 0 N–H and O–H groups in total. The van der Waals surface area contributed by atoms with Gasteiger partial charge in [-0.05, 0) is 34.5 Å². The van der Waals surface area contributed by atoms with E-state index in [0.717, 1.165) is 23.1 Å². The number of nitrogens with zero attached hydrogens (tertiary/aromatic N) is 1. The monoisotopic (exact) mass is 381 g/mol. The van der Waals surface area contributed by atoms with Crippen LogP contribution in [-0.2, 0) is 4.79 Å². The van der Waals surface area contributed by atoms with Gasteiger partial charge in [0.2, 0.25) is 5.91 Å². The molecule has 0 aliphatic carbocycles. The number of para-hydroxylation sites is 1. The average Bonchev–Trinajstić information content (AvgIpc) is 2.53. The number of hydrogen-bond acceptors (Lipinski definition) is 1. The highest BCUT2D eigenvalue weighted by molar-refractivity contribution is 9.10.